The largest absolute Gasteiger partial charge is 0.383 e. The smallest absolute Gasteiger partial charge is 0.269 e. The molecule has 0 saturated carbocycles. The van der Waals surface area contributed by atoms with Crippen molar-refractivity contribution < 1.29 is 9.72 Å². The van der Waals surface area contributed by atoms with Gasteiger partial charge in [0.2, 0.25) is 0 Å². The quantitative estimate of drug-likeness (QED) is 0.237. The number of aromatic nitrogens is 2. The lowest BCUT2D eigenvalue weighted by Gasteiger charge is -2.36. The van der Waals surface area contributed by atoms with E-state index in [4.69, 9.17) is 0 Å². The molecule has 3 aromatic rings. The molecule has 1 unspecified atom stereocenters. The van der Waals surface area contributed by atoms with Crippen molar-refractivity contribution >= 4 is 40.4 Å². The molecule has 1 aliphatic carbocycles. The molecule has 3 N–H and O–H groups in total. The van der Waals surface area contributed by atoms with Crippen molar-refractivity contribution in [2.45, 2.75) is 10.6 Å². The van der Waals surface area contributed by atoms with E-state index in [0.29, 0.717) is 39.1 Å². The second-order valence-corrected chi connectivity index (χ2v) is 8.59. The summed E-state index contributed by atoms with van der Waals surface area (Å²) in [4.78, 5) is 45.5. The Hall–Kier alpha value is -3.92. The Morgan fingerprint density at radius 2 is 1.94 bits per heavy atom. The number of thioether (sulfide) groups is 1. The zero-order valence-corrected chi connectivity index (χ0v) is 17.5. The molecule has 3 aliphatic rings. The van der Waals surface area contributed by atoms with Gasteiger partial charge in [0.1, 0.15) is 5.82 Å². The minimum absolute atomic E-state index is 0.109. The molecule has 158 valence electrons. The molecule has 2 aliphatic heterocycles. The van der Waals surface area contributed by atoms with Gasteiger partial charge < -0.3 is 15.6 Å². The molecular weight excluding hydrogens is 430 g/mol. The van der Waals surface area contributed by atoms with Gasteiger partial charge >= 0.3 is 0 Å². The third-order valence-electron chi connectivity index (χ3n) is 6.32. The van der Waals surface area contributed by atoms with Crippen LogP contribution in [0.15, 0.2) is 58.0 Å². The molecular formula is C22H15N5O4S. The number of nitrogens with one attached hydrogen (secondary N) is 3. The Morgan fingerprint density at radius 3 is 2.69 bits per heavy atom. The molecule has 32 heavy (non-hydrogen) atoms. The summed E-state index contributed by atoms with van der Waals surface area (Å²) in [6, 6.07) is 11.7. The number of nitro groups is 1. The van der Waals surface area contributed by atoms with Crippen molar-refractivity contribution in [1.82, 2.24) is 9.97 Å². The second-order valence-electron chi connectivity index (χ2n) is 7.79. The van der Waals surface area contributed by atoms with Gasteiger partial charge in [0.25, 0.3) is 11.2 Å². The summed E-state index contributed by atoms with van der Waals surface area (Å²) in [5, 5.41) is 18.5. The lowest BCUT2D eigenvalue weighted by atomic mass is 9.68. The molecule has 0 saturated heterocycles. The van der Waals surface area contributed by atoms with E-state index in [1.54, 1.807) is 24.5 Å². The Bertz CT molecular complexity index is 1480. The number of carbonyl (C=O) groups is 1. The van der Waals surface area contributed by atoms with Crippen LogP contribution < -0.4 is 16.2 Å². The minimum atomic E-state index is -1.22. The van der Waals surface area contributed by atoms with Crippen LogP contribution in [0.2, 0.25) is 0 Å². The van der Waals surface area contributed by atoms with Gasteiger partial charge in [-0.3, -0.25) is 19.7 Å². The Labute approximate surface area is 185 Å². The molecule has 3 heterocycles. The standard InChI is InChI=1S/C22H15N5O4S/c1-32-21-25-19-16(20(29)26-21)22(9-23-14-7-6-10(27(30)31)8-13(14)22)15-17(24-19)11-4-2-3-5-12(11)18(15)28/h2-8,23H,9H2,1H3,(H2,24,25,26,29). The van der Waals surface area contributed by atoms with Crippen LogP contribution in [0.4, 0.5) is 17.2 Å². The zero-order valence-electron chi connectivity index (χ0n) is 16.7. The number of benzene rings is 2. The lowest BCUT2D eigenvalue weighted by Crippen LogP contribution is -2.44. The number of non-ortho nitro benzene ring substituents is 1. The number of ketones is 1. The highest BCUT2D eigenvalue weighted by atomic mass is 32.2. The van der Waals surface area contributed by atoms with E-state index in [1.165, 1.54) is 23.9 Å². The van der Waals surface area contributed by atoms with Crippen LogP contribution >= 0.6 is 11.8 Å². The molecule has 1 atom stereocenters. The Balaban J connectivity index is 1.74. The van der Waals surface area contributed by atoms with Crippen LogP contribution in [0.3, 0.4) is 0 Å². The first-order valence-electron chi connectivity index (χ1n) is 9.83. The SMILES string of the molecule is CSc1nc2c(c(=O)[nH]1)C1(CNc3ccc([N+](=O)[O-])cc31)C1=C(N2)c2ccccc2C1=O. The summed E-state index contributed by atoms with van der Waals surface area (Å²) >= 11 is 1.30. The maximum Gasteiger partial charge on any atom is 0.269 e. The highest BCUT2D eigenvalue weighted by Gasteiger charge is 2.56. The molecule has 1 spiro atoms. The first-order valence-corrected chi connectivity index (χ1v) is 11.1. The average Bonchev–Trinajstić information content (AvgIpc) is 3.30. The number of aromatic amines is 1. The number of rotatable bonds is 2. The fourth-order valence-electron chi connectivity index (χ4n) is 5.02. The van der Waals surface area contributed by atoms with E-state index >= 15 is 0 Å². The van der Waals surface area contributed by atoms with Crippen LogP contribution in [0.5, 0.6) is 0 Å². The van der Waals surface area contributed by atoms with Gasteiger partial charge in [-0.2, -0.15) is 0 Å². The molecule has 0 radical (unpaired) electrons. The van der Waals surface area contributed by atoms with Gasteiger partial charge in [-0.05, 0) is 17.9 Å². The first kappa shape index (κ1) is 18.8. The highest BCUT2D eigenvalue weighted by Crippen LogP contribution is 2.56. The van der Waals surface area contributed by atoms with Crippen molar-refractivity contribution in [3.05, 3.63) is 90.8 Å². The number of carbonyl (C=O) groups excluding carboxylic acids is 1. The van der Waals surface area contributed by atoms with Crippen LogP contribution in [-0.2, 0) is 5.41 Å². The van der Waals surface area contributed by atoms with Crippen molar-refractivity contribution in [3.63, 3.8) is 0 Å². The van der Waals surface area contributed by atoms with E-state index in [9.17, 15) is 19.7 Å². The summed E-state index contributed by atoms with van der Waals surface area (Å²) in [5.74, 6) is 0.144. The molecule has 0 amide bonds. The summed E-state index contributed by atoms with van der Waals surface area (Å²) in [6.07, 6.45) is 1.80. The number of Topliss-reactive ketones (excluding diaryl/α,β-unsaturated/α-hetero) is 1. The number of nitro benzene ring substituents is 1. The van der Waals surface area contributed by atoms with E-state index in [0.717, 1.165) is 5.56 Å². The van der Waals surface area contributed by atoms with Gasteiger partial charge in [0.05, 0.1) is 21.6 Å². The summed E-state index contributed by atoms with van der Waals surface area (Å²) < 4.78 is 0. The van der Waals surface area contributed by atoms with Crippen molar-refractivity contribution in [2.24, 2.45) is 0 Å². The van der Waals surface area contributed by atoms with Crippen LogP contribution in [0, 0.1) is 10.1 Å². The molecule has 1 aromatic heterocycles. The predicted molar refractivity (Wildman–Crippen MR) is 120 cm³/mol. The predicted octanol–water partition coefficient (Wildman–Crippen LogP) is 3.14. The molecule has 0 bridgehead atoms. The van der Waals surface area contributed by atoms with Crippen molar-refractivity contribution in [2.75, 3.05) is 23.4 Å². The van der Waals surface area contributed by atoms with Crippen LogP contribution in [0.1, 0.15) is 27.0 Å². The highest BCUT2D eigenvalue weighted by molar-refractivity contribution is 7.98. The normalized spacial score (nSPS) is 19.7. The van der Waals surface area contributed by atoms with Crippen LogP contribution in [0.25, 0.3) is 5.70 Å². The van der Waals surface area contributed by atoms with Gasteiger partial charge in [-0.25, -0.2) is 4.98 Å². The van der Waals surface area contributed by atoms with Crippen molar-refractivity contribution in [3.8, 4) is 0 Å². The van der Waals surface area contributed by atoms with E-state index < -0.39 is 10.3 Å². The minimum Gasteiger partial charge on any atom is -0.383 e. The molecule has 9 nitrogen and oxygen atoms in total. The lowest BCUT2D eigenvalue weighted by molar-refractivity contribution is -0.384. The summed E-state index contributed by atoms with van der Waals surface area (Å²) in [5.41, 5.74) is 1.98. The first-order chi connectivity index (χ1) is 15.5. The van der Waals surface area contributed by atoms with Gasteiger partial charge in [-0.1, -0.05) is 36.0 Å². The average molecular weight is 445 g/mol. The van der Waals surface area contributed by atoms with Crippen LogP contribution in [-0.4, -0.2) is 33.5 Å². The second kappa shape index (κ2) is 6.30. The maximum atomic E-state index is 13.7. The van der Waals surface area contributed by atoms with E-state index in [-0.39, 0.29) is 29.1 Å². The maximum absolute atomic E-state index is 13.7. The monoisotopic (exact) mass is 445 g/mol. The summed E-state index contributed by atoms with van der Waals surface area (Å²) in [7, 11) is 0. The Kier molecular flexibility index (Phi) is 3.70. The van der Waals surface area contributed by atoms with Gasteiger partial charge in [0, 0.05) is 41.1 Å². The Morgan fingerprint density at radius 1 is 1.16 bits per heavy atom. The third-order valence-corrected chi connectivity index (χ3v) is 6.90. The molecule has 2 aromatic carbocycles. The topological polar surface area (TPSA) is 130 Å². The van der Waals surface area contributed by atoms with E-state index in [1.807, 2.05) is 12.1 Å². The number of nitrogens with zero attached hydrogens (tertiary/aromatic N) is 2. The van der Waals surface area contributed by atoms with E-state index in [2.05, 4.69) is 20.6 Å². The van der Waals surface area contributed by atoms with Gasteiger partial charge in [0.15, 0.2) is 10.9 Å². The fraction of sp³-hybridized carbons (Fsp3) is 0.136. The zero-order chi connectivity index (χ0) is 22.2. The number of hydrogen-bond donors (Lipinski definition) is 3. The number of hydrogen-bond acceptors (Lipinski definition) is 8. The van der Waals surface area contributed by atoms with Crippen molar-refractivity contribution in [1.29, 1.82) is 0 Å². The molecule has 6 rings (SSSR count). The van der Waals surface area contributed by atoms with Gasteiger partial charge in [-0.15, -0.1) is 0 Å². The third kappa shape index (κ3) is 2.21. The number of anilines is 2. The molecule has 10 heteroatoms. The fourth-order valence-corrected chi connectivity index (χ4v) is 5.40. The summed E-state index contributed by atoms with van der Waals surface area (Å²) in [6.45, 7) is 0.208. The number of H-pyrrole nitrogens is 1. The molecule has 0 fully saturated rings. The number of fused-ring (bicyclic) bond motifs is 7.